The first-order valence-electron chi connectivity index (χ1n) is 7.76. The van der Waals surface area contributed by atoms with E-state index in [1.807, 2.05) is 38.1 Å². The molecule has 1 amide bonds. The molecule has 0 aromatic heterocycles. The van der Waals surface area contributed by atoms with E-state index in [0.717, 1.165) is 23.5 Å². The summed E-state index contributed by atoms with van der Waals surface area (Å²) < 4.78 is 10.9. The molecule has 1 atom stereocenters. The molecule has 0 saturated carbocycles. The summed E-state index contributed by atoms with van der Waals surface area (Å²) in [5.74, 6) is 1.45. The van der Waals surface area contributed by atoms with E-state index in [1.54, 1.807) is 31.4 Å². The second-order valence-corrected chi connectivity index (χ2v) is 5.43. The van der Waals surface area contributed by atoms with Crippen LogP contribution in [0.25, 0.3) is 0 Å². The third-order valence-corrected chi connectivity index (χ3v) is 3.62. The molecule has 0 bridgehead atoms. The van der Waals surface area contributed by atoms with Crippen LogP contribution in [0.2, 0.25) is 0 Å². The highest BCUT2D eigenvalue weighted by Gasteiger charge is 2.13. The van der Waals surface area contributed by atoms with Gasteiger partial charge in [0.15, 0.2) is 0 Å². The van der Waals surface area contributed by atoms with E-state index in [4.69, 9.17) is 9.47 Å². The van der Waals surface area contributed by atoms with Crippen molar-refractivity contribution in [3.05, 3.63) is 59.7 Å². The van der Waals surface area contributed by atoms with Gasteiger partial charge in [0.05, 0.1) is 13.2 Å². The predicted octanol–water partition coefficient (Wildman–Crippen LogP) is 3.59. The second-order valence-electron chi connectivity index (χ2n) is 5.43. The highest BCUT2D eigenvalue weighted by Crippen LogP contribution is 2.14. The number of carbonyl (C=O) groups excluding carboxylic acids is 1. The Morgan fingerprint density at radius 2 is 1.87 bits per heavy atom. The van der Waals surface area contributed by atoms with E-state index in [2.05, 4.69) is 5.32 Å². The van der Waals surface area contributed by atoms with Gasteiger partial charge in [-0.05, 0) is 55.3 Å². The van der Waals surface area contributed by atoms with Gasteiger partial charge in [-0.1, -0.05) is 19.1 Å². The summed E-state index contributed by atoms with van der Waals surface area (Å²) >= 11 is 0. The van der Waals surface area contributed by atoms with Gasteiger partial charge in [0.25, 0.3) is 5.91 Å². The van der Waals surface area contributed by atoms with Gasteiger partial charge in [-0.15, -0.1) is 0 Å². The smallest absolute Gasteiger partial charge is 0.251 e. The van der Waals surface area contributed by atoms with Crippen molar-refractivity contribution in [3.8, 4) is 11.5 Å². The molecule has 0 radical (unpaired) electrons. The fourth-order valence-corrected chi connectivity index (χ4v) is 2.17. The zero-order valence-corrected chi connectivity index (χ0v) is 13.8. The van der Waals surface area contributed by atoms with E-state index in [-0.39, 0.29) is 11.9 Å². The number of aryl methyl sites for hydroxylation is 1. The van der Waals surface area contributed by atoms with Crippen LogP contribution in [0, 0.1) is 6.92 Å². The third kappa shape index (κ3) is 5.02. The Labute approximate surface area is 137 Å². The van der Waals surface area contributed by atoms with Crippen LogP contribution in [0.4, 0.5) is 0 Å². The van der Waals surface area contributed by atoms with Gasteiger partial charge >= 0.3 is 0 Å². The summed E-state index contributed by atoms with van der Waals surface area (Å²) in [4.78, 5) is 12.3. The number of hydrogen-bond donors (Lipinski definition) is 1. The molecule has 23 heavy (non-hydrogen) atoms. The Kier molecular flexibility index (Phi) is 6.03. The molecule has 0 fully saturated rings. The van der Waals surface area contributed by atoms with Crippen molar-refractivity contribution in [1.82, 2.24) is 5.32 Å². The predicted molar refractivity (Wildman–Crippen MR) is 91.2 cm³/mol. The maximum absolute atomic E-state index is 12.3. The minimum atomic E-state index is -0.104. The molecule has 0 aliphatic rings. The first-order chi connectivity index (χ1) is 11.1. The standard InChI is InChI=1S/C19H23NO3/c1-4-16(13-23-18-7-5-6-14(2)12-18)20-19(21)15-8-10-17(22-3)11-9-15/h5-12,16H,4,13H2,1-3H3,(H,20,21)/t16-/m1/s1. The van der Waals surface area contributed by atoms with E-state index >= 15 is 0 Å². The normalized spacial score (nSPS) is 11.6. The minimum Gasteiger partial charge on any atom is -0.497 e. The molecule has 0 aliphatic carbocycles. The fraction of sp³-hybridized carbons (Fsp3) is 0.316. The SMILES string of the molecule is CC[C@H](COc1cccc(C)c1)NC(=O)c1ccc(OC)cc1. The van der Waals surface area contributed by atoms with Crippen molar-refractivity contribution < 1.29 is 14.3 Å². The second kappa shape index (κ2) is 8.22. The Bertz CT molecular complexity index is 637. The number of benzene rings is 2. The van der Waals surface area contributed by atoms with Crippen molar-refractivity contribution in [1.29, 1.82) is 0 Å². The van der Waals surface area contributed by atoms with Gasteiger partial charge in [0.2, 0.25) is 0 Å². The van der Waals surface area contributed by atoms with Crippen LogP contribution < -0.4 is 14.8 Å². The van der Waals surface area contributed by atoms with Crippen LogP contribution in [-0.2, 0) is 0 Å². The zero-order valence-electron chi connectivity index (χ0n) is 13.8. The summed E-state index contributed by atoms with van der Waals surface area (Å²) in [5, 5.41) is 3.00. The quantitative estimate of drug-likeness (QED) is 0.850. The van der Waals surface area contributed by atoms with Crippen LogP contribution in [0.1, 0.15) is 29.3 Å². The number of rotatable bonds is 7. The lowest BCUT2D eigenvalue weighted by atomic mass is 10.1. The molecule has 0 aliphatic heterocycles. The molecule has 1 N–H and O–H groups in total. The largest absolute Gasteiger partial charge is 0.497 e. The number of methoxy groups -OCH3 is 1. The summed E-state index contributed by atoms with van der Waals surface area (Å²) in [5.41, 5.74) is 1.76. The van der Waals surface area contributed by atoms with Gasteiger partial charge in [-0.3, -0.25) is 4.79 Å². The molecular weight excluding hydrogens is 290 g/mol. The fourth-order valence-electron chi connectivity index (χ4n) is 2.17. The molecule has 2 aromatic carbocycles. The number of amides is 1. The van der Waals surface area contributed by atoms with Gasteiger partial charge in [-0.25, -0.2) is 0 Å². The Balaban J connectivity index is 1.91. The number of carbonyl (C=O) groups is 1. The molecule has 2 rings (SSSR count). The monoisotopic (exact) mass is 313 g/mol. The molecule has 4 nitrogen and oxygen atoms in total. The Hall–Kier alpha value is -2.49. The lowest BCUT2D eigenvalue weighted by Gasteiger charge is -2.18. The van der Waals surface area contributed by atoms with Gasteiger partial charge in [0.1, 0.15) is 18.1 Å². The van der Waals surface area contributed by atoms with Crippen molar-refractivity contribution in [2.24, 2.45) is 0 Å². The molecule has 2 aromatic rings. The molecule has 0 spiro atoms. The Morgan fingerprint density at radius 3 is 2.48 bits per heavy atom. The summed E-state index contributed by atoms with van der Waals surface area (Å²) in [6.07, 6.45) is 0.799. The summed E-state index contributed by atoms with van der Waals surface area (Å²) in [7, 11) is 1.60. The summed E-state index contributed by atoms with van der Waals surface area (Å²) in [6.45, 7) is 4.50. The average molecular weight is 313 g/mol. The number of hydrogen-bond acceptors (Lipinski definition) is 3. The Morgan fingerprint density at radius 1 is 1.13 bits per heavy atom. The highest BCUT2D eigenvalue weighted by atomic mass is 16.5. The maximum atomic E-state index is 12.3. The van der Waals surface area contributed by atoms with E-state index in [1.165, 1.54) is 0 Å². The van der Waals surface area contributed by atoms with Crippen LogP contribution in [-0.4, -0.2) is 25.7 Å². The highest BCUT2D eigenvalue weighted by molar-refractivity contribution is 5.94. The van der Waals surface area contributed by atoms with Gasteiger partial charge in [-0.2, -0.15) is 0 Å². The van der Waals surface area contributed by atoms with Crippen LogP contribution in [0.3, 0.4) is 0 Å². The lowest BCUT2D eigenvalue weighted by molar-refractivity contribution is 0.0920. The third-order valence-electron chi connectivity index (χ3n) is 3.62. The van der Waals surface area contributed by atoms with E-state index in [9.17, 15) is 4.79 Å². The van der Waals surface area contributed by atoms with Crippen LogP contribution in [0.15, 0.2) is 48.5 Å². The average Bonchev–Trinajstić information content (AvgIpc) is 2.58. The van der Waals surface area contributed by atoms with Gasteiger partial charge in [0, 0.05) is 5.56 Å². The molecule has 122 valence electrons. The lowest BCUT2D eigenvalue weighted by Crippen LogP contribution is -2.38. The zero-order chi connectivity index (χ0) is 16.7. The summed E-state index contributed by atoms with van der Waals surface area (Å²) in [6, 6.07) is 14.9. The van der Waals surface area contributed by atoms with Crippen molar-refractivity contribution in [2.45, 2.75) is 26.3 Å². The van der Waals surface area contributed by atoms with Crippen LogP contribution >= 0.6 is 0 Å². The molecule has 0 unspecified atom stereocenters. The van der Waals surface area contributed by atoms with E-state index in [0.29, 0.717) is 12.2 Å². The van der Waals surface area contributed by atoms with Crippen molar-refractivity contribution >= 4 is 5.91 Å². The van der Waals surface area contributed by atoms with Gasteiger partial charge < -0.3 is 14.8 Å². The van der Waals surface area contributed by atoms with Crippen molar-refractivity contribution in [2.75, 3.05) is 13.7 Å². The first kappa shape index (κ1) is 16.9. The maximum Gasteiger partial charge on any atom is 0.251 e. The molecule has 0 heterocycles. The molecule has 4 heteroatoms. The minimum absolute atomic E-state index is 0.0369. The van der Waals surface area contributed by atoms with Crippen LogP contribution in [0.5, 0.6) is 11.5 Å². The van der Waals surface area contributed by atoms with E-state index < -0.39 is 0 Å². The number of ether oxygens (including phenoxy) is 2. The molecule has 0 saturated heterocycles. The molecular formula is C19H23NO3. The topological polar surface area (TPSA) is 47.6 Å². The number of nitrogens with one attached hydrogen (secondary N) is 1. The first-order valence-corrected chi connectivity index (χ1v) is 7.76. The van der Waals surface area contributed by atoms with Crippen molar-refractivity contribution in [3.63, 3.8) is 0 Å².